The van der Waals surface area contributed by atoms with Crippen LogP contribution in [-0.4, -0.2) is 38.5 Å². The van der Waals surface area contributed by atoms with E-state index in [9.17, 15) is 19.2 Å². The third-order valence-electron chi connectivity index (χ3n) is 5.51. The van der Waals surface area contributed by atoms with Crippen molar-refractivity contribution in [3.8, 4) is 0 Å². The fourth-order valence-corrected chi connectivity index (χ4v) is 3.50. The van der Waals surface area contributed by atoms with Gasteiger partial charge in [0.1, 0.15) is 17.2 Å². The maximum absolute atomic E-state index is 12.9. The highest BCUT2D eigenvalue weighted by molar-refractivity contribution is 6.02. The summed E-state index contributed by atoms with van der Waals surface area (Å²) >= 11 is 0. The van der Waals surface area contributed by atoms with Gasteiger partial charge in [0.2, 0.25) is 5.78 Å². The van der Waals surface area contributed by atoms with Crippen LogP contribution in [0.4, 0.5) is 11.6 Å². The van der Waals surface area contributed by atoms with Crippen LogP contribution in [0.2, 0.25) is 0 Å². The summed E-state index contributed by atoms with van der Waals surface area (Å²) < 4.78 is 7.22. The van der Waals surface area contributed by atoms with Crippen LogP contribution in [0, 0.1) is 0 Å². The molecule has 0 saturated heterocycles. The molecule has 34 heavy (non-hydrogen) atoms. The van der Waals surface area contributed by atoms with Crippen LogP contribution in [0.3, 0.4) is 0 Å². The van der Waals surface area contributed by atoms with Crippen molar-refractivity contribution < 1.29 is 14.3 Å². The van der Waals surface area contributed by atoms with Crippen LogP contribution in [0.5, 0.6) is 0 Å². The molecule has 0 unspecified atom stereocenters. The molecule has 1 fully saturated rings. The first-order valence-electron chi connectivity index (χ1n) is 11.0. The number of hydrogen-bond donors (Lipinski definition) is 2. The molecule has 4 rings (SSSR count). The van der Waals surface area contributed by atoms with Crippen LogP contribution in [-0.2, 0) is 17.8 Å². The van der Waals surface area contributed by atoms with Crippen LogP contribution in [0.15, 0.2) is 58.3 Å². The van der Waals surface area contributed by atoms with E-state index in [1.807, 2.05) is 6.07 Å². The lowest BCUT2D eigenvalue weighted by Gasteiger charge is -2.16. The number of ketones is 1. The minimum atomic E-state index is -0.812. The van der Waals surface area contributed by atoms with Crippen molar-refractivity contribution in [2.24, 2.45) is 0 Å². The zero-order valence-corrected chi connectivity index (χ0v) is 18.7. The fourth-order valence-electron chi connectivity index (χ4n) is 3.50. The van der Waals surface area contributed by atoms with Crippen LogP contribution in [0.25, 0.3) is 0 Å². The number of ether oxygens (including phenoxy) is 1. The van der Waals surface area contributed by atoms with Gasteiger partial charge in [-0.3, -0.25) is 18.7 Å². The number of nitrogens with two attached hydrogens (primary N) is 1. The van der Waals surface area contributed by atoms with Crippen molar-refractivity contribution in [3.05, 3.63) is 86.2 Å². The molecular weight excluding hydrogens is 438 g/mol. The van der Waals surface area contributed by atoms with Gasteiger partial charge in [0.25, 0.3) is 5.56 Å². The smallest absolute Gasteiger partial charge is 0.340 e. The quantitative estimate of drug-likeness (QED) is 0.361. The number of hydrogen-bond acceptors (Lipinski definition) is 8. The highest BCUT2D eigenvalue weighted by Crippen LogP contribution is 2.23. The number of carbonyl (C=O) groups excluding carboxylic acids is 2. The molecule has 1 aliphatic rings. The molecule has 10 nitrogen and oxygen atoms in total. The van der Waals surface area contributed by atoms with Crippen molar-refractivity contribution in [1.29, 1.82) is 0 Å². The average molecular weight is 463 g/mol. The number of rotatable bonds is 9. The van der Waals surface area contributed by atoms with Crippen molar-refractivity contribution in [2.75, 3.05) is 17.7 Å². The molecule has 3 aromatic rings. The largest absolute Gasteiger partial charge is 0.454 e. The van der Waals surface area contributed by atoms with E-state index in [0.717, 1.165) is 23.0 Å². The Balaban J connectivity index is 1.53. The van der Waals surface area contributed by atoms with Gasteiger partial charge in [0, 0.05) is 18.8 Å². The summed E-state index contributed by atoms with van der Waals surface area (Å²) in [6, 6.07) is 12.7. The monoisotopic (exact) mass is 463 g/mol. The number of nitrogen functional groups attached to an aromatic ring is 1. The highest BCUT2D eigenvalue weighted by atomic mass is 16.5. The molecule has 0 radical (unpaired) electrons. The molecule has 2 aromatic heterocycles. The third kappa shape index (κ3) is 4.90. The maximum Gasteiger partial charge on any atom is 0.340 e. The number of nitrogens with one attached hydrogen (secondary N) is 1. The number of carbonyl (C=O) groups is 2. The van der Waals surface area contributed by atoms with E-state index in [0.29, 0.717) is 11.9 Å². The molecule has 0 aliphatic heterocycles. The lowest BCUT2D eigenvalue weighted by atomic mass is 10.1. The Morgan fingerprint density at radius 1 is 1.12 bits per heavy atom. The number of anilines is 2. The molecule has 3 N–H and O–H groups in total. The molecule has 0 atom stereocenters. The van der Waals surface area contributed by atoms with E-state index in [-0.39, 0.29) is 30.0 Å². The lowest BCUT2D eigenvalue weighted by Crippen LogP contribution is -2.44. The van der Waals surface area contributed by atoms with Gasteiger partial charge in [-0.1, -0.05) is 30.3 Å². The standard InChI is InChI=1S/C24H25N5O5/c1-2-28-22(31)20(21(25)29(24(28)33)13-15-6-4-3-5-7-15)18(30)14-34-23(32)16-8-11-19(26-12-16)27-17-9-10-17/h3-8,11-12,17H,2,9-10,13-14,25H2,1H3,(H,26,27). The van der Waals surface area contributed by atoms with Gasteiger partial charge in [-0.25, -0.2) is 14.6 Å². The molecule has 10 heteroatoms. The lowest BCUT2D eigenvalue weighted by molar-refractivity contribution is 0.0473. The number of esters is 1. The van der Waals surface area contributed by atoms with Gasteiger partial charge in [-0.15, -0.1) is 0 Å². The summed E-state index contributed by atoms with van der Waals surface area (Å²) in [5, 5.41) is 3.21. The minimum absolute atomic E-state index is 0.0553. The van der Waals surface area contributed by atoms with Crippen molar-refractivity contribution in [2.45, 2.75) is 38.9 Å². The number of aromatic nitrogens is 3. The van der Waals surface area contributed by atoms with Crippen LogP contribution < -0.4 is 22.3 Å². The molecule has 1 aliphatic carbocycles. The van der Waals surface area contributed by atoms with Crippen molar-refractivity contribution in [3.63, 3.8) is 0 Å². The van der Waals surface area contributed by atoms with E-state index in [1.54, 1.807) is 43.3 Å². The number of nitrogens with zero attached hydrogens (tertiary/aromatic N) is 3. The third-order valence-corrected chi connectivity index (χ3v) is 5.51. The highest BCUT2D eigenvalue weighted by Gasteiger charge is 2.24. The Morgan fingerprint density at radius 2 is 1.85 bits per heavy atom. The van der Waals surface area contributed by atoms with E-state index in [2.05, 4.69) is 10.3 Å². The second kappa shape index (κ2) is 9.74. The molecule has 0 bridgehead atoms. The molecule has 1 aromatic carbocycles. The Labute approximate surface area is 195 Å². The summed E-state index contributed by atoms with van der Waals surface area (Å²) in [5.41, 5.74) is 5.24. The molecule has 176 valence electrons. The summed E-state index contributed by atoms with van der Waals surface area (Å²) in [7, 11) is 0. The predicted octanol–water partition coefficient (Wildman–Crippen LogP) is 1.67. The molecule has 1 saturated carbocycles. The SMILES string of the molecule is CCn1c(=O)c(C(=O)COC(=O)c2ccc(NC3CC3)nc2)c(N)n(Cc2ccccc2)c1=O. The number of pyridine rings is 1. The Morgan fingerprint density at radius 3 is 2.47 bits per heavy atom. The van der Waals surface area contributed by atoms with Crippen molar-refractivity contribution >= 4 is 23.4 Å². The first-order chi connectivity index (χ1) is 16.4. The summed E-state index contributed by atoms with van der Waals surface area (Å²) in [6.45, 7) is 1.06. The van der Waals surface area contributed by atoms with Gasteiger partial charge in [0.15, 0.2) is 6.61 Å². The fraction of sp³-hybridized carbons (Fsp3) is 0.292. The average Bonchev–Trinajstić information content (AvgIpc) is 3.66. The minimum Gasteiger partial charge on any atom is -0.454 e. The first-order valence-corrected chi connectivity index (χ1v) is 11.0. The summed E-state index contributed by atoms with van der Waals surface area (Å²) in [5.74, 6) is -1.16. The maximum atomic E-state index is 12.9. The number of benzene rings is 1. The van der Waals surface area contributed by atoms with Crippen LogP contribution >= 0.6 is 0 Å². The van der Waals surface area contributed by atoms with Gasteiger partial charge < -0.3 is 15.8 Å². The van der Waals surface area contributed by atoms with E-state index < -0.39 is 29.6 Å². The molecule has 0 spiro atoms. The molecule has 0 amide bonds. The topological polar surface area (TPSA) is 138 Å². The summed E-state index contributed by atoms with van der Waals surface area (Å²) in [4.78, 5) is 55.1. The molecular formula is C24H25N5O5. The zero-order chi connectivity index (χ0) is 24.2. The van der Waals surface area contributed by atoms with Crippen molar-refractivity contribution in [1.82, 2.24) is 14.1 Å². The van der Waals surface area contributed by atoms with Gasteiger partial charge >= 0.3 is 11.7 Å². The van der Waals surface area contributed by atoms with E-state index in [1.165, 1.54) is 10.8 Å². The van der Waals surface area contributed by atoms with Crippen LogP contribution in [0.1, 0.15) is 46.0 Å². The Bertz CT molecular complexity index is 1320. The predicted molar refractivity (Wildman–Crippen MR) is 126 cm³/mol. The zero-order valence-electron chi connectivity index (χ0n) is 18.7. The van der Waals surface area contributed by atoms with Gasteiger partial charge in [-0.05, 0) is 37.5 Å². The normalized spacial score (nSPS) is 12.9. The van der Waals surface area contributed by atoms with Gasteiger partial charge in [-0.2, -0.15) is 0 Å². The second-order valence-corrected chi connectivity index (χ2v) is 8.01. The first kappa shape index (κ1) is 23.0. The Hall–Kier alpha value is -4.21. The van der Waals surface area contributed by atoms with Gasteiger partial charge in [0.05, 0.1) is 12.1 Å². The second-order valence-electron chi connectivity index (χ2n) is 8.01. The number of Topliss-reactive ketones (excluding diaryl/α,β-unsaturated/α-hetero) is 1. The Kier molecular flexibility index (Phi) is 6.58. The molecule has 2 heterocycles. The van der Waals surface area contributed by atoms with E-state index >= 15 is 0 Å². The van der Waals surface area contributed by atoms with E-state index in [4.69, 9.17) is 10.5 Å². The summed E-state index contributed by atoms with van der Waals surface area (Å²) in [6.07, 6.45) is 3.54.